The van der Waals surface area contributed by atoms with E-state index in [4.69, 9.17) is 23.2 Å². The van der Waals surface area contributed by atoms with Crippen molar-refractivity contribution in [2.75, 3.05) is 0 Å². The molecule has 144 valence electrons. The van der Waals surface area contributed by atoms with Crippen LogP contribution in [0.2, 0.25) is 10.0 Å². The number of carbonyl (C=O) groups excluding carboxylic acids is 2. The van der Waals surface area contributed by atoms with Crippen molar-refractivity contribution >= 4 is 35.0 Å². The lowest BCUT2D eigenvalue weighted by Crippen LogP contribution is -2.48. The van der Waals surface area contributed by atoms with E-state index < -0.39 is 6.04 Å². The zero-order valence-corrected chi connectivity index (χ0v) is 17.2. The third-order valence-corrected chi connectivity index (χ3v) is 4.92. The summed E-state index contributed by atoms with van der Waals surface area (Å²) in [5.41, 5.74) is 1.75. The average Bonchev–Trinajstić information content (AvgIpc) is 2.65. The van der Waals surface area contributed by atoms with Crippen LogP contribution in [0.4, 0.5) is 0 Å². The molecule has 0 aliphatic carbocycles. The van der Waals surface area contributed by atoms with Gasteiger partial charge in [0.2, 0.25) is 11.8 Å². The van der Waals surface area contributed by atoms with Crippen LogP contribution >= 0.6 is 23.2 Å². The molecule has 2 rings (SSSR count). The van der Waals surface area contributed by atoms with Crippen molar-refractivity contribution in [3.05, 3.63) is 69.7 Å². The summed E-state index contributed by atoms with van der Waals surface area (Å²) in [5, 5.41) is 4.10. The molecule has 27 heavy (non-hydrogen) atoms. The second-order valence-corrected chi connectivity index (χ2v) is 7.58. The largest absolute Gasteiger partial charge is 0.350 e. The van der Waals surface area contributed by atoms with Gasteiger partial charge in [0.15, 0.2) is 0 Å². The highest BCUT2D eigenvalue weighted by Gasteiger charge is 2.27. The van der Waals surface area contributed by atoms with Gasteiger partial charge < -0.3 is 10.2 Å². The predicted octanol–water partition coefficient (Wildman–Crippen LogP) is 4.68. The maximum absolute atomic E-state index is 12.7. The number of benzene rings is 2. The van der Waals surface area contributed by atoms with Crippen LogP contribution in [0.1, 0.15) is 31.9 Å². The second-order valence-electron chi connectivity index (χ2n) is 6.73. The minimum Gasteiger partial charge on any atom is -0.350 e. The molecular formula is C21H24Cl2N2O2. The first-order chi connectivity index (χ1) is 12.8. The lowest BCUT2D eigenvalue weighted by atomic mass is 10.1. The summed E-state index contributed by atoms with van der Waals surface area (Å²) in [7, 11) is 0. The summed E-state index contributed by atoms with van der Waals surface area (Å²) >= 11 is 12.1. The number of hydrogen-bond donors (Lipinski definition) is 1. The average molecular weight is 407 g/mol. The molecule has 1 unspecified atom stereocenters. The Morgan fingerprint density at radius 1 is 1.00 bits per heavy atom. The molecule has 0 aliphatic heterocycles. The van der Waals surface area contributed by atoms with E-state index in [1.54, 1.807) is 30.0 Å². The van der Waals surface area contributed by atoms with E-state index in [-0.39, 0.29) is 17.7 Å². The molecule has 2 aromatic rings. The van der Waals surface area contributed by atoms with Crippen LogP contribution in [0.25, 0.3) is 0 Å². The van der Waals surface area contributed by atoms with Gasteiger partial charge >= 0.3 is 0 Å². The second kappa shape index (κ2) is 9.77. The number of rotatable bonds is 7. The monoisotopic (exact) mass is 406 g/mol. The zero-order chi connectivity index (χ0) is 20.0. The quantitative estimate of drug-likeness (QED) is 0.725. The smallest absolute Gasteiger partial charge is 0.242 e. The van der Waals surface area contributed by atoms with Gasteiger partial charge in [0.05, 0.1) is 0 Å². The molecule has 2 aromatic carbocycles. The SMILES string of the molecule is CC(C)C(=O)N(Cc1ccc(Cl)cc1)C(C)C(=O)NCc1ccccc1Cl. The number of nitrogens with zero attached hydrogens (tertiary/aromatic N) is 1. The Morgan fingerprint density at radius 2 is 1.63 bits per heavy atom. The number of halogens is 2. The van der Waals surface area contributed by atoms with Gasteiger partial charge in [-0.2, -0.15) is 0 Å². The molecule has 0 aromatic heterocycles. The summed E-state index contributed by atoms with van der Waals surface area (Å²) in [6.07, 6.45) is 0. The summed E-state index contributed by atoms with van der Waals surface area (Å²) in [5.74, 6) is -0.514. The Kier molecular flexibility index (Phi) is 7.69. The van der Waals surface area contributed by atoms with Gasteiger partial charge in [0.25, 0.3) is 0 Å². The van der Waals surface area contributed by atoms with Gasteiger partial charge in [-0.25, -0.2) is 0 Å². The maximum Gasteiger partial charge on any atom is 0.242 e. The molecule has 0 spiro atoms. The Balaban J connectivity index is 2.10. The van der Waals surface area contributed by atoms with Crippen molar-refractivity contribution in [3.63, 3.8) is 0 Å². The Hall–Kier alpha value is -2.04. The van der Waals surface area contributed by atoms with Crippen LogP contribution in [0.15, 0.2) is 48.5 Å². The van der Waals surface area contributed by atoms with E-state index >= 15 is 0 Å². The maximum atomic E-state index is 12.7. The van der Waals surface area contributed by atoms with Gasteiger partial charge in [0, 0.05) is 29.1 Å². The molecule has 0 radical (unpaired) electrons. The lowest BCUT2D eigenvalue weighted by molar-refractivity contribution is -0.143. The molecule has 6 heteroatoms. The first-order valence-electron chi connectivity index (χ1n) is 8.85. The Morgan fingerprint density at radius 3 is 2.22 bits per heavy atom. The summed E-state index contributed by atoms with van der Waals surface area (Å²) in [4.78, 5) is 27.0. The van der Waals surface area contributed by atoms with Crippen LogP contribution in [0.3, 0.4) is 0 Å². The van der Waals surface area contributed by atoms with Crippen LogP contribution in [-0.2, 0) is 22.7 Å². The first kappa shape index (κ1) is 21.3. The molecule has 2 amide bonds. The topological polar surface area (TPSA) is 49.4 Å². The van der Waals surface area contributed by atoms with E-state index in [0.717, 1.165) is 11.1 Å². The zero-order valence-electron chi connectivity index (χ0n) is 15.7. The van der Waals surface area contributed by atoms with Gasteiger partial charge in [-0.05, 0) is 36.2 Å². The van der Waals surface area contributed by atoms with E-state index in [9.17, 15) is 9.59 Å². The third-order valence-electron chi connectivity index (χ3n) is 4.30. The predicted molar refractivity (Wildman–Crippen MR) is 110 cm³/mol. The van der Waals surface area contributed by atoms with E-state index in [2.05, 4.69) is 5.32 Å². The van der Waals surface area contributed by atoms with Gasteiger partial charge in [-0.3, -0.25) is 9.59 Å². The normalized spacial score (nSPS) is 11.9. The van der Waals surface area contributed by atoms with E-state index in [0.29, 0.717) is 23.1 Å². The molecule has 0 bridgehead atoms. The molecule has 4 nitrogen and oxygen atoms in total. The number of hydrogen-bond acceptors (Lipinski definition) is 2. The summed E-state index contributed by atoms with van der Waals surface area (Å²) < 4.78 is 0. The molecular weight excluding hydrogens is 383 g/mol. The number of carbonyl (C=O) groups is 2. The van der Waals surface area contributed by atoms with Gasteiger partial charge in [-0.1, -0.05) is 67.4 Å². The number of amides is 2. The van der Waals surface area contributed by atoms with Crippen molar-refractivity contribution in [2.45, 2.75) is 39.9 Å². The molecule has 0 heterocycles. The highest BCUT2D eigenvalue weighted by molar-refractivity contribution is 6.31. The van der Waals surface area contributed by atoms with Gasteiger partial charge in [0.1, 0.15) is 6.04 Å². The highest BCUT2D eigenvalue weighted by Crippen LogP contribution is 2.17. The van der Waals surface area contributed by atoms with Crippen molar-refractivity contribution in [3.8, 4) is 0 Å². The van der Waals surface area contributed by atoms with Crippen molar-refractivity contribution in [1.82, 2.24) is 10.2 Å². The Labute approximate surface area is 170 Å². The molecule has 1 atom stereocenters. The highest BCUT2D eigenvalue weighted by atomic mass is 35.5. The van der Waals surface area contributed by atoms with Crippen LogP contribution in [0.5, 0.6) is 0 Å². The number of nitrogens with one attached hydrogen (secondary N) is 1. The molecule has 0 aliphatic rings. The Bertz CT molecular complexity index is 791. The third kappa shape index (κ3) is 5.98. The fourth-order valence-corrected chi connectivity index (χ4v) is 2.97. The van der Waals surface area contributed by atoms with Crippen LogP contribution < -0.4 is 5.32 Å². The minimum absolute atomic E-state index is 0.0784. The van der Waals surface area contributed by atoms with Crippen LogP contribution in [0, 0.1) is 5.92 Å². The molecule has 1 N–H and O–H groups in total. The summed E-state index contributed by atoms with van der Waals surface area (Å²) in [6, 6.07) is 14.0. The molecule has 0 saturated carbocycles. The van der Waals surface area contributed by atoms with Crippen molar-refractivity contribution in [2.24, 2.45) is 5.92 Å². The van der Waals surface area contributed by atoms with Gasteiger partial charge in [-0.15, -0.1) is 0 Å². The molecule has 0 saturated heterocycles. The first-order valence-corrected chi connectivity index (χ1v) is 9.61. The standard InChI is InChI=1S/C21H24Cl2N2O2/c1-14(2)21(27)25(13-16-8-10-18(22)11-9-16)15(3)20(26)24-12-17-6-4-5-7-19(17)23/h4-11,14-15H,12-13H2,1-3H3,(H,24,26). The van der Waals surface area contributed by atoms with Crippen molar-refractivity contribution < 1.29 is 9.59 Å². The minimum atomic E-state index is -0.613. The fourth-order valence-electron chi connectivity index (χ4n) is 2.64. The van der Waals surface area contributed by atoms with Crippen LogP contribution in [-0.4, -0.2) is 22.8 Å². The van der Waals surface area contributed by atoms with E-state index in [1.165, 1.54) is 0 Å². The van der Waals surface area contributed by atoms with Crippen molar-refractivity contribution in [1.29, 1.82) is 0 Å². The molecule has 0 fully saturated rings. The fraction of sp³-hybridized carbons (Fsp3) is 0.333. The van der Waals surface area contributed by atoms with E-state index in [1.807, 2.05) is 44.2 Å². The lowest BCUT2D eigenvalue weighted by Gasteiger charge is -2.30. The summed E-state index contributed by atoms with van der Waals surface area (Å²) in [6.45, 7) is 6.04.